The highest BCUT2D eigenvalue weighted by atomic mass is 16.5. The lowest BCUT2D eigenvalue weighted by Crippen LogP contribution is -2.56. The van der Waals surface area contributed by atoms with Crippen LogP contribution in [0, 0.1) is 5.53 Å². The van der Waals surface area contributed by atoms with Crippen LogP contribution < -0.4 is 5.11 Å². The monoisotopic (exact) mass is 283 g/mol. The lowest BCUT2D eigenvalue weighted by Gasteiger charge is -2.39. The van der Waals surface area contributed by atoms with E-state index in [0.717, 1.165) is 4.90 Å². The maximum Gasteiger partial charge on any atom is 0.452 e. The number of amides is 1. The molecule has 0 aromatic carbocycles. The average molecular weight is 283 g/mol. The molecule has 1 rings (SSSR count). The van der Waals surface area contributed by atoms with Gasteiger partial charge in [0.1, 0.15) is 11.7 Å². The van der Waals surface area contributed by atoms with Gasteiger partial charge in [0.15, 0.2) is 0 Å². The first-order valence-electron chi connectivity index (χ1n) is 6.25. The van der Waals surface area contributed by atoms with Gasteiger partial charge in [-0.2, -0.15) is 0 Å². The number of methoxy groups -OCH3 is 1. The second-order valence-electron chi connectivity index (χ2n) is 4.52. The first-order valence-corrected chi connectivity index (χ1v) is 6.25. The number of carbonyl (C=O) groups excluding carboxylic acids is 3. The SMILES string of the molecule is CCC(=O)C(=[N+]=N)C(=O)C1(OC)CCN(C(=O)[O-])CC1. The largest absolute Gasteiger partial charge is 0.530 e. The van der Waals surface area contributed by atoms with Crippen molar-refractivity contribution in [2.45, 2.75) is 31.8 Å². The molecule has 1 amide bonds. The van der Waals surface area contributed by atoms with E-state index in [9.17, 15) is 19.5 Å². The molecule has 1 fully saturated rings. The van der Waals surface area contributed by atoms with Gasteiger partial charge in [0.25, 0.3) is 11.6 Å². The van der Waals surface area contributed by atoms with Crippen LogP contribution in [0.3, 0.4) is 0 Å². The van der Waals surface area contributed by atoms with Crippen LogP contribution in [0.25, 0.3) is 0 Å². The van der Waals surface area contributed by atoms with Crippen LogP contribution in [0.4, 0.5) is 4.79 Å². The van der Waals surface area contributed by atoms with Crippen molar-refractivity contribution in [3.8, 4) is 0 Å². The molecule has 0 spiro atoms. The van der Waals surface area contributed by atoms with E-state index in [0.29, 0.717) is 0 Å². The average Bonchev–Trinajstić information content (AvgIpc) is 2.47. The van der Waals surface area contributed by atoms with Gasteiger partial charge in [-0.3, -0.25) is 9.59 Å². The topological polar surface area (TPSA) is 125 Å². The molecule has 20 heavy (non-hydrogen) atoms. The minimum Gasteiger partial charge on any atom is -0.530 e. The molecule has 1 saturated heterocycles. The summed E-state index contributed by atoms with van der Waals surface area (Å²) < 4.78 is 5.24. The van der Waals surface area contributed by atoms with Crippen LogP contribution in [-0.4, -0.2) is 58.9 Å². The van der Waals surface area contributed by atoms with Gasteiger partial charge < -0.3 is 19.5 Å². The molecule has 0 unspecified atom stereocenters. The van der Waals surface area contributed by atoms with Gasteiger partial charge in [0.05, 0.1) is 10.3 Å². The number of nitrogens with one attached hydrogen (secondary N) is 1. The first kappa shape index (κ1) is 16.0. The molecule has 110 valence electrons. The Kier molecular flexibility index (Phi) is 5.12. The highest BCUT2D eigenvalue weighted by Crippen LogP contribution is 2.27. The molecular formula is C12H17N3O5. The number of nitrogens with zero attached hydrogens (tertiary/aromatic N) is 2. The van der Waals surface area contributed by atoms with Crippen LogP contribution in [-0.2, 0) is 14.3 Å². The maximum absolute atomic E-state index is 12.4. The van der Waals surface area contributed by atoms with E-state index in [-0.39, 0.29) is 32.4 Å². The molecule has 8 heteroatoms. The summed E-state index contributed by atoms with van der Waals surface area (Å²) in [4.78, 5) is 38.8. The molecular weight excluding hydrogens is 266 g/mol. The summed E-state index contributed by atoms with van der Waals surface area (Å²) in [6.45, 7) is 1.72. The van der Waals surface area contributed by atoms with Gasteiger partial charge in [-0.1, -0.05) is 6.92 Å². The number of ketones is 2. The summed E-state index contributed by atoms with van der Waals surface area (Å²) in [6, 6.07) is 0. The van der Waals surface area contributed by atoms with Crippen LogP contribution in [0.15, 0.2) is 0 Å². The number of rotatable bonds is 5. The fourth-order valence-corrected chi connectivity index (χ4v) is 2.20. The van der Waals surface area contributed by atoms with Crippen molar-refractivity contribution in [3.05, 3.63) is 0 Å². The van der Waals surface area contributed by atoms with Gasteiger partial charge in [-0.05, 0) is 0 Å². The standard InChI is InChI=1S/C12H17N3O5/c1-3-8(16)9(14-13)10(17)12(20-2)4-6-15(7-5-12)11(18)19/h13H,3-7H2,1-2H3. The summed E-state index contributed by atoms with van der Waals surface area (Å²) in [5.74, 6) is -1.18. The number of hydrogen-bond acceptors (Lipinski definition) is 6. The third-order valence-corrected chi connectivity index (χ3v) is 3.55. The Morgan fingerprint density at radius 3 is 2.25 bits per heavy atom. The van der Waals surface area contributed by atoms with Crippen molar-refractivity contribution in [3.63, 3.8) is 0 Å². The number of carboxylic acid groups (broad SMARTS) is 1. The Balaban J connectivity index is 2.96. The summed E-state index contributed by atoms with van der Waals surface area (Å²) in [7, 11) is 1.32. The molecule has 0 bridgehead atoms. The number of likely N-dealkylation sites (tertiary alicyclic amines) is 1. The third kappa shape index (κ3) is 2.92. The van der Waals surface area contributed by atoms with Gasteiger partial charge in [-0.25, -0.2) is 0 Å². The van der Waals surface area contributed by atoms with Crippen molar-refractivity contribution in [2.75, 3.05) is 20.2 Å². The Bertz CT molecular complexity index is 473. The summed E-state index contributed by atoms with van der Waals surface area (Å²) in [5, 5.41) is 10.7. The summed E-state index contributed by atoms with van der Waals surface area (Å²) in [6.07, 6.45) is -1.03. The predicted molar refractivity (Wildman–Crippen MR) is 64.2 cm³/mol. The van der Waals surface area contributed by atoms with Gasteiger partial charge in [0.2, 0.25) is 0 Å². The van der Waals surface area contributed by atoms with E-state index >= 15 is 0 Å². The third-order valence-electron chi connectivity index (χ3n) is 3.55. The molecule has 0 aromatic heterocycles. The number of hydrogen-bond donors (Lipinski definition) is 1. The van der Waals surface area contributed by atoms with E-state index in [2.05, 4.69) is 4.79 Å². The van der Waals surface area contributed by atoms with Crippen LogP contribution >= 0.6 is 0 Å². The fraction of sp³-hybridized carbons (Fsp3) is 0.667. The minimum atomic E-state index is -1.30. The summed E-state index contributed by atoms with van der Waals surface area (Å²) >= 11 is 0. The molecule has 1 aliphatic rings. The molecule has 0 aliphatic carbocycles. The second kappa shape index (κ2) is 6.40. The van der Waals surface area contributed by atoms with Gasteiger partial charge in [0, 0.05) is 39.5 Å². The lowest BCUT2D eigenvalue weighted by molar-refractivity contribution is -0.267. The zero-order valence-electron chi connectivity index (χ0n) is 11.5. The minimum absolute atomic E-state index is 0.0639. The highest BCUT2D eigenvalue weighted by Gasteiger charge is 2.49. The zero-order chi connectivity index (χ0) is 15.3. The van der Waals surface area contributed by atoms with E-state index in [1.165, 1.54) is 7.11 Å². The normalized spacial score (nSPS) is 17.2. The summed E-state index contributed by atoms with van der Waals surface area (Å²) in [5.41, 5.74) is 5.25. The van der Waals surface area contributed by atoms with E-state index in [1.54, 1.807) is 6.92 Å². The molecule has 0 saturated carbocycles. The van der Waals surface area contributed by atoms with E-state index in [4.69, 9.17) is 10.3 Å². The quantitative estimate of drug-likeness (QED) is 0.301. The molecule has 1 N–H and O–H groups in total. The highest BCUT2D eigenvalue weighted by molar-refractivity contribution is 6.65. The van der Waals surface area contributed by atoms with E-state index < -0.39 is 29.0 Å². The Hall–Kier alpha value is -2.05. The molecule has 0 aromatic rings. The van der Waals surface area contributed by atoms with Gasteiger partial charge >= 0.3 is 5.71 Å². The van der Waals surface area contributed by atoms with E-state index in [1.807, 2.05) is 0 Å². The van der Waals surface area contributed by atoms with Crippen molar-refractivity contribution in [1.82, 2.24) is 4.90 Å². The molecule has 0 radical (unpaired) electrons. The van der Waals surface area contributed by atoms with Crippen molar-refractivity contribution in [2.24, 2.45) is 0 Å². The van der Waals surface area contributed by atoms with Crippen LogP contribution in [0.2, 0.25) is 0 Å². The Labute approximate surface area is 115 Å². The zero-order valence-corrected chi connectivity index (χ0v) is 11.5. The molecule has 8 nitrogen and oxygen atoms in total. The molecule has 1 heterocycles. The molecule has 1 aliphatic heterocycles. The number of carbonyl (C=O) groups is 3. The Morgan fingerprint density at radius 2 is 1.90 bits per heavy atom. The first-order chi connectivity index (χ1) is 9.41. The van der Waals surface area contributed by atoms with Gasteiger partial charge in [-0.15, -0.1) is 0 Å². The van der Waals surface area contributed by atoms with Crippen LogP contribution in [0.5, 0.6) is 0 Å². The molecule has 0 atom stereocenters. The predicted octanol–water partition coefficient (Wildman–Crippen LogP) is -0.961. The van der Waals surface area contributed by atoms with Crippen LogP contribution in [0.1, 0.15) is 26.2 Å². The maximum atomic E-state index is 12.4. The number of piperidine rings is 1. The van der Waals surface area contributed by atoms with Crippen molar-refractivity contribution >= 4 is 23.4 Å². The second-order valence-corrected chi connectivity index (χ2v) is 4.52. The fourth-order valence-electron chi connectivity index (χ4n) is 2.20. The smallest absolute Gasteiger partial charge is 0.452 e. The Morgan fingerprint density at radius 1 is 1.35 bits per heavy atom. The lowest BCUT2D eigenvalue weighted by atomic mass is 9.83. The van der Waals surface area contributed by atoms with Crippen molar-refractivity contribution < 1.29 is 29.0 Å². The number of Topliss-reactive ketones (excluding diaryl/α,β-unsaturated/α-hetero) is 2. The number of ether oxygens (including phenoxy) is 1. The van der Waals surface area contributed by atoms with Crippen molar-refractivity contribution in [1.29, 1.82) is 5.53 Å².